The molecular weight excluding hydrogens is 220 g/mol. The summed E-state index contributed by atoms with van der Waals surface area (Å²) < 4.78 is 0. The highest BCUT2D eigenvalue weighted by Crippen LogP contribution is 2.26. The van der Waals surface area contributed by atoms with Gasteiger partial charge in [0.05, 0.1) is 22.8 Å². The number of rotatable bonds is 4. The maximum Gasteiger partial charge on any atom is 0.103 e. The number of terminal acetylenes is 1. The van der Waals surface area contributed by atoms with E-state index in [9.17, 15) is 0 Å². The summed E-state index contributed by atoms with van der Waals surface area (Å²) in [7, 11) is 0. The second kappa shape index (κ2) is 6.05. The first-order valence-electron chi connectivity index (χ1n) is 5.11. The van der Waals surface area contributed by atoms with E-state index >= 15 is 0 Å². The van der Waals surface area contributed by atoms with Crippen molar-refractivity contribution in [1.29, 1.82) is 5.26 Å². The Morgan fingerprint density at radius 2 is 2.25 bits per heavy atom. The number of hydrogen-bond donors (Lipinski definition) is 0. The van der Waals surface area contributed by atoms with Crippen LogP contribution in [0.4, 0.5) is 5.69 Å². The molecular formula is C13H13ClN2. The van der Waals surface area contributed by atoms with Gasteiger partial charge in [-0.15, -0.1) is 6.42 Å². The Balaban J connectivity index is 3.14. The predicted molar refractivity (Wildman–Crippen MR) is 67.5 cm³/mol. The molecule has 0 saturated heterocycles. The highest BCUT2D eigenvalue weighted by Gasteiger charge is 2.11. The second-order valence-corrected chi connectivity index (χ2v) is 3.78. The van der Waals surface area contributed by atoms with Crippen LogP contribution in [-0.2, 0) is 0 Å². The molecule has 0 saturated carbocycles. The minimum Gasteiger partial charge on any atom is -0.359 e. The van der Waals surface area contributed by atoms with Crippen LogP contribution in [-0.4, -0.2) is 13.1 Å². The van der Waals surface area contributed by atoms with Gasteiger partial charge in [-0.1, -0.05) is 30.5 Å². The molecule has 0 unspecified atom stereocenters. The zero-order valence-corrected chi connectivity index (χ0v) is 9.96. The molecule has 1 aromatic carbocycles. The molecule has 1 rings (SSSR count). The lowest BCUT2D eigenvalue weighted by atomic mass is 10.1. The largest absolute Gasteiger partial charge is 0.359 e. The minimum absolute atomic E-state index is 0.470. The summed E-state index contributed by atoms with van der Waals surface area (Å²) in [5.41, 5.74) is 1.31. The number of benzene rings is 1. The quantitative estimate of drug-likeness (QED) is 0.746. The Morgan fingerprint density at radius 3 is 2.81 bits per heavy atom. The molecule has 0 aliphatic carbocycles. The first-order chi connectivity index (χ1) is 7.74. The zero-order chi connectivity index (χ0) is 12.0. The summed E-state index contributed by atoms with van der Waals surface area (Å²) in [6.45, 7) is 3.38. The van der Waals surface area contributed by atoms with Crippen LogP contribution in [0, 0.1) is 23.7 Å². The van der Waals surface area contributed by atoms with Crippen molar-refractivity contribution in [2.24, 2.45) is 0 Å². The van der Waals surface area contributed by atoms with E-state index in [1.165, 1.54) is 0 Å². The van der Waals surface area contributed by atoms with E-state index < -0.39 is 0 Å². The third-order valence-electron chi connectivity index (χ3n) is 2.22. The molecule has 0 amide bonds. The van der Waals surface area contributed by atoms with Gasteiger partial charge in [0.15, 0.2) is 0 Å². The first kappa shape index (κ1) is 12.4. The lowest BCUT2D eigenvalue weighted by Crippen LogP contribution is -2.25. The molecule has 0 atom stereocenters. The van der Waals surface area contributed by atoms with Crippen molar-refractivity contribution >= 4 is 17.3 Å². The molecule has 0 heterocycles. The molecule has 0 aliphatic rings. The fourth-order valence-electron chi connectivity index (χ4n) is 1.55. The van der Waals surface area contributed by atoms with Crippen molar-refractivity contribution in [3.8, 4) is 18.4 Å². The molecule has 2 nitrogen and oxygen atoms in total. The lowest BCUT2D eigenvalue weighted by molar-refractivity contribution is 0.822. The molecule has 0 radical (unpaired) electrons. The summed E-state index contributed by atoms with van der Waals surface area (Å²) in [5, 5.41) is 9.54. The summed E-state index contributed by atoms with van der Waals surface area (Å²) in [6.07, 6.45) is 6.29. The van der Waals surface area contributed by atoms with Crippen molar-refractivity contribution in [2.75, 3.05) is 18.0 Å². The van der Waals surface area contributed by atoms with Gasteiger partial charge < -0.3 is 4.90 Å². The van der Waals surface area contributed by atoms with E-state index in [-0.39, 0.29) is 0 Å². The van der Waals surface area contributed by atoms with Gasteiger partial charge in [-0.3, -0.25) is 0 Å². The number of halogens is 1. The van der Waals surface area contributed by atoms with Crippen molar-refractivity contribution in [1.82, 2.24) is 0 Å². The Morgan fingerprint density at radius 1 is 1.50 bits per heavy atom. The average molecular weight is 233 g/mol. The Kier molecular flexibility index (Phi) is 4.70. The normalized spacial score (nSPS) is 9.25. The third-order valence-corrected chi connectivity index (χ3v) is 2.53. The third kappa shape index (κ3) is 2.69. The summed E-state index contributed by atoms with van der Waals surface area (Å²) in [4.78, 5) is 1.99. The maximum absolute atomic E-state index is 9.07. The van der Waals surface area contributed by atoms with Crippen molar-refractivity contribution in [3.05, 3.63) is 28.8 Å². The molecule has 16 heavy (non-hydrogen) atoms. The predicted octanol–water partition coefficient (Wildman–Crippen LogP) is 3.06. The molecule has 0 N–H and O–H groups in total. The summed E-state index contributed by atoms with van der Waals surface area (Å²) in [6, 6.07) is 7.53. The SMILES string of the molecule is C#CCN(CCC)c1cccc(Cl)c1C#N. The van der Waals surface area contributed by atoms with Crippen molar-refractivity contribution in [2.45, 2.75) is 13.3 Å². The molecule has 3 heteroatoms. The van der Waals surface area contributed by atoms with E-state index in [0.717, 1.165) is 18.7 Å². The van der Waals surface area contributed by atoms with Crippen LogP contribution in [0.2, 0.25) is 5.02 Å². The lowest BCUT2D eigenvalue weighted by Gasteiger charge is -2.23. The van der Waals surface area contributed by atoms with Crippen molar-refractivity contribution < 1.29 is 0 Å². The van der Waals surface area contributed by atoms with Crippen molar-refractivity contribution in [3.63, 3.8) is 0 Å². The molecule has 0 fully saturated rings. The van der Waals surface area contributed by atoms with E-state index in [4.69, 9.17) is 23.3 Å². The topological polar surface area (TPSA) is 27.0 Å². The fraction of sp³-hybridized carbons (Fsp3) is 0.308. The Bertz CT molecular complexity index is 440. The molecule has 0 spiro atoms. The van der Waals surface area contributed by atoms with Gasteiger partial charge in [-0.25, -0.2) is 0 Å². The zero-order valence-electron chi connectivity index (χ0n) is 9.20. The van der Waals surface area contributed by atoms with Crippen LogP contribution in [0.3, 0.4) is 0 Å². The highest BCUT2D eigenvalue weighted by molar-refractivity contribution is 6.32. The van der Waals surface area contributed by atoms with Crippen LogP contribution in [0.1, 0.15) is 18.9 Å². The standard InChI is InChI=1S/C13H13ClN2/c1-3-8-16(9-4-2)13-7-5-6-12(14)11(13)10-15/h1,5-7H,4,8-9H2,2H3. The Hall–Kier alpha value is -1.64. The van der Waals surface area contributed by atoms with Gasteiger partial charge in [-0.05, 0) is 18.6 Å². The van der Waals surface area contributed by atoms with E-state index in [0.29, 0.717) is 17.1 Å². The van der Waals surface area contributed by atoms with Crippen LogP contribution < -0.4 is 4.90 Å². The van der Waals surface area contributed by atoms with Gasteiger partial charge >= 0.3 is 0 Å². The average Bonchev–Trinajstić information content (AvgIpc) is 2.28. The first-order valence-corrected chi connectivity index (χ1v) is 5.49. The van der Waals surface area contributed by atoms with Gasteiger partial charge in [0, 0.05) is 6.54 Å². The van der Waals surface area contributed by atoms with Gasteiger partial charge in [0.1, 0.15) is 6.07 Å². The van der Waals surface area contributed by atoms with E-state index in [2.05, 4.69) is 18.9 Å². The van der Waals surface area contributed by atoms with E-state index in [1.807, 2.05) is 17.0 Å². The molecule has 0 aromatic heterocycles. The monoisotopic (exact) mass is 232 g/mol. The van der Waals surface area contributed by atoms with Crippen LogP contribution in [0.15, 0.2) is 18.2 Å². The number of nitriles is 1. The molecule has 1 aromatic rings. The Labute approximate surface area is 101 Å². The smallest absolute Gasteiger partial charge is 0.103 e. The molecule has 82 valence electrons. The van der Waals surface area contributed by atoms with Crippen LogP contribution >= 0.6 is 11.6 Å². The number of anilines is 1. The van der Waals surface area contributed by atoms with Gasteiger partial charge in [0.25, 0.3) is 0 Å². The summed E-state index contributed by atoms with van der Waals surface area (Å²) >= 11 is 5.97. The number of hydrogen-bond acceptors (Lipinski definition) is 2. The maximum atomic E-state index is 9.07. The number of nitrogens with zero attached hydrogens (tertiary/aromatic N) is 2. The van der Waals surface area contributed by atoms with E-state index in [1.54, 1.807) is 6.07 Å². The van der Waals surface area contributed by atoms with Crippen LogP contribution in [0.25, 0.3) is 0 Å². The summed E-state index contributed by atoms with van der Waals surface area (Å²) in [5.74, 6) is 2.60. The van der Waals surface area contributed by atoms with Gasteiger partial charge in [0.2, 0.25) is 0 Å². The van der Waals surface area contributed by atoms with Gasteiger partial charge in [-0.2, -0.15) is 5.26 Å². The molecule has 0 bridgehead atoms. The minimum atomic E-state index is 0.470. The van der Waals surface area contributed by atoms with Crippen LogP contribution in [0.5, 0.6) is 0 Å². The second-order valence-electron chi connectivity index (χ2n) is 3.37. The highest BCUT2D eigenvalue weighted by atomic mass is 35.5. The fourth-order valence-corrected chi connectivity index (χ4v) is 1.76. The molecule has 0 aliphatic heterocycles.